The average molecular weight is 472 g/mol. The lowest BCUT2D eigenvalue weighted by Gasteiger charge is -2.03. The fraction of sp³-hybridized carbons (Fsp3) is 0. The number of furan rings is 1. The zero-order valence-corrected chi connectivity index (χ0v) is 17.3. The van der Waals surface area contributed by atoms with Gasteiger partial charge in [-0.1, -0.05) is 23.2 Å². The van der Waals surface area contributed by atoms with Gasteiger partial charge in [0, 0.05) is 17.2 Å². The van der Waals surface area contributed by atoms with Gasteiger partial charge in [0.25, 0.3) is 11.2 Å². The second-order valence-corrected chi connectivity index (χ2v) is 7.41. The molecule has 9 nitrogen and oxygen atoms in total. The van der Waals surface area contributed by atoms with E-state index in [1.807, 2.05) is 0 Å². The standard InChI is InChI=1S/C21H11Cl2N3O6/c22-11-2-5-14(17(8-11)26(30)31)18-6-3-12(32-18)9-15(23)19-24-16-7-10(21(28)29)1-4-13(16)20(27)25-19/h1-9H,(H,28,29)(H,24,25,27)/b15-9-. The number of aromatic nitrogens is 2. The summed E-state index contributed by atoms with van der Waals surface area (Å²) in [5.41, 5.74) is -0.351. The maximum Gasteiger partial charge on any atom is 0.335 e. The van der Waals surface area contributed by atoms with Gasteiger partial charge in [0.2, 0.25) is 0 Å². The molecule has 32 heavy (non-hydrogen) atoms. The van der Waals surface area contributed by atoms with Crippen LogP contribution in [-0.4, -0.2) is 26.0 Å². The van der Waals surface area contributed by atoms with Crippen LogP contribution in [0.2, 0.25) is 5.02 Å². The Kier molecular flexibility index (Phi) is 5.52. The molecule has 4 rings (SSSR count). The number of rotatable bonds is 5. The molecule has 0 spiro atoms. The van der Waals surface area contributed by atoms with E-state index < -0.39 is 16.5 Å². The first kappa shape index (κ1) is 21.3. The minimum absolute atomic E-state index is 0.00197. The highest BCUT2D eigenvalue weighted by Gasteiger charge is 2.19. The van der Waals surface area contributed by atoms with E-state index in [1.54, 1.807) is 0 Å². The van der Waals surface area contributed by atoms with Crippen LogP contribution in [0.3, 0.4) is 0 Å². The number of carbonyl (C=O) groups is 1. The SMILES string of the molecule is O=C(O)c1ccc2c(=O)[nH]c(/C(Cl)=C/c3ccc(-c4ccc(Cl)cc4[N+](=O)[O-])o3)nc2c1. The van der Waals surface area contributed by atoms with Crippen molar-refractivity contribution < 1.29 is 19.2 Å². The molecule has 0 aliphatic carbocycles. The number of hydrogen-bond donors (Lipinski definition) is 2. The van der Waals surface area contributed by atoms with Crippen LogP contribution in [0.15, 0.2) is 57.7 Å². The molecule has 2 aromatic carbocycles. The molecule has 0 saturated carbocycles. The number of H-pyrrole nitrogens is 1. The summed E-state index contributed by atoms with van der Waals surface area (Å²) in [4.78, 5) is 41.0. The number of carboxylic acid groups (broad SMARTS) is 1. The summed E-state index contributed by atoms with van der Waals surface area (Å²) < 4.78 is 5.65. The van der Waals surface area contributed by atoms with Gasteiger partial charge in [0.05, 0.1) is 32.0 Å². The lowest BCUT2D eigenvalue weighted by Crippen LogP contribution is -2.11. The molecule has 0 unspecified atom stereocenters. The average Bonchev–Trinajstić information content (AvgIpc) is 3.21. The summed E-state index contributed by atoms with van der Waals surface area (Å²) in [7, 11) is 0. The monoisotopic (exact) mass is 471 g/mol. The Hall–Kier alpha value is -3.95. The molecule has 2 heterocycles. The van der Waals surface area contributed by atoms with Crippen molar-refractivity contribution in [1.82, 2.24) is 9.97 Å². The van der Waals surface area contributed by atoms with Crippen LogP contribution in [0, 0.1) is 10.1 Å². The molecule has 0 aliphatic rings. The summed E-state index contributed by atoms with van der Waals surface area (Å²) in [5.74, 6) is -0.690. The van der Waals surface area contributed by atoms with E-state index in [-0.39, 0.29) is 55.1 Å². The number of nitrogens with zero attached hydrogens (tertiary/aromatic N) is 2. The number of nitrogens with one attached hydrogen (secondary N) is 1. The van der Waals surface area contributed by atoms with Gasteiger partial charge >= 0.3 is 5.97 Å². The number of benzene rings is 2. The second-order valence-electron chi connectivity index (χ2n) is 6.56. The minimum Gasteiger partial charge on any atom is -0.478 e. The Bertz CT molecular complexity index is 1490. The Balaban J connectivity index is 1.73. The number of aromatic carboxylic acids is 1. The molecule has 0 fully saturated rings. The van der Waals surface area contributed by atoms with Crippen molar-refractivity contribution >= 4 is 56.9 Å². The zero-order valence-electron chi connectivity index (χ0n) is 15.8. The van der Waals surface area contributed by atoms with Gasteiger partial charge in [-0.05, 0) is 42.5 Å². The first-order valence-electron chi connectivity index (χ1n) is 8.92. The maximum atomic E-state index is 12.3. The van der Waals surface area contributed by atoms with E-state index >= 15 is 0 Å². The third-order valence-electron chi connectivity index (χ3n) is 4.50. The van der Waals surface area contributed by atoms with Crippen molar-refractivity contribution in [3.63, 3.8) is 0 Å². The zero-order chi connectivity index (χ0) is 23.0. The topological polar surface area (TPSA) is 139 Å². The van der Waals surface area contributed by atoms with Crippen molar-refractivity contribution in [1.29, 1.82) is 0 Å². The summed E-state index contributed by atoms with van der Waals surface area (Å²) in [6, 6.07) is 11.2. The first-order valence-corrected chi connectivity index (χ1v) is 9.67. The van der Waals surface area contributed by atoms with Crippen molar-refractivity contribution in [2.45, 2.75) is 0 Å². The van der Waals surface area contributed by atoms with Crippen LogP contribution in [-0.2, 0) is 0 Å². The van der Waals surface area contributed by atoms with Crippen molar-refractivity contribution in [3.8, 4) is 11.3 Å². The van der Waals surface area contributed by atoms with E-state index in [9.17, 15) is 19.7 Å². The maximum absolute atomic E-state index is 12.3. The molecule has 0 radical (unpaired) electrons. The van der Waals surface area contributed by atoms with E-state index in [2.05, 4.69) is 9.97 Å². The molecule has 0 amide bonds. The molecule has 0 aliphatic heterocycles. The normalized spacial score (nSPS) is 11.6. The Morgan fingerprint density at radius 3 is 2.69 bits per heavy atom. The minimum atomic E-state index is -1.16. The van der Waals surface area contributed by atoms with E-state index in [1.165, 1.54) is 54.6 Å². The summed E-state index contributed by atoms with van der Waals surface area (Å²) >= 11 is 12.1. The molecular weight excluding hydrogens is 461 g/mol. The van der Waals surface area contributed by atoms with Crippen LogP contribution in [0.4, 0.5) is 5.69 Å². The highest BCUT2D eigenvalue weighted by molar-refractivity contribution is 6.50. The number of aromatic amines is 1. The van der Waals surface area contributed by atoms with E-state index in [0.29, 0.717) is 0 Å². The number of nitro groups is 1. The molecule has 0 bridgehead atoms. The van der Waals surface area contributed by atoms with Crippen LogP contribution in [0.1, 0.15) is 21.9 Å². The Morgan fingerprint density at radius 1 is 1.19 bits per heavy atom. The highest BCUT2D eigenvalue weighted by atomic mass is 35.5. The van der Waals surface area contributed by atoms with Crippen molar-refractivity contribution in [2.24, 2.45) is 0 Å². The largest absolute Gasteiger partial charge is 0.478 e. The molecule has 0 atom stereocenters. The Morgan fingerprint density at radius 2 is 1.97 bits per heavy atom. The van der Waals surface area contributed by atoms with Gasteiger partial charge in [-0.15, -0.1) is 0 Å². The molecule has 2 N–H and O–H groups in total. The molecule has 160 valence electrons. The summed E-state index contributed by atoms with van der Waals surface area (Å²) in [5, 5.41) is 20.9. The summed E-state index contributed by atoms with van der Waals surface area (Å²) in [6.45, 7) is 0. The van der Waals surface area contributed by atoms with Gasteiger partial charge in [0.1, 0.15) is 11.5 Å². The number of fused-ring (bicyclic) bond motifs is 1. The smallest absolute Gasteiger partial charge is 0.335 e. The van der Waals surface area contributed by atoms with Gasteiger partial charge in [-0.25, -0.2) is 9.78 Å². The van der Waals surface area contributed by atoms with Gasteiger partial charge in [-0.2, -0.15) is 0 Å². The second kappa shape index (κ2) is 8.29. The van der Waals surface area contributed by atoms with E-state index in [0.717, 1.165) is 0 Å². The highest BCUT2D eigenvalue weighted by Crippen LogP contribution is 2.34. The summed E-state index contributed by atoms with van der Waals surface area (Å²) in [6.07, 6.45) is 1.37. The lowest BCUT2D eigenvalue weighted by molar-refractivity contribution is -0.384. The fourth-order valence-corrected chi connectivity index (χ4v) is 3.38. The van der Waals surface area contributed by atoms with Crippen LogP contribution >= 0.6 is 23.2 Å². The molecule has 11 heteroatoms. The van der Waals surface area contributed by atoms with Crippen molar-refractivity contribution in [3.05, 3.63) is 91.2 Å². The lowest BCUT2D eigenvalue weighted by atomic mass is 10.1. The van der Waals surface area contributed by atoms with Crippen LogP contribution < -0.4 is 5.56 Å². The van der Waals surface area contributed by atoms with Crippen LogP contribution in [0.25, 0.3) is 33.3 Å². The van der Waals surface area contributed by atoms with E-state index in [4.69, 9.17) is 32.7 Å². The quantitative estimate of drug-likeness (QED) is 0.301. The Labute approximate surface area is 188 Å². The number of nitro benzene ring substituents is 1. The number of halogens is 2. The fourth-order valence-electron chi connectivity index (χ4n) is 3.02. The molecular formula is C21H11Cl2N3O6. The van der Waals surface area contributed by atoms with Gasteiger partial charge < -0.3 is 14.5 Å². The predicted molar refractivity (Wildman–Crippen MR) is 119 cm³/mol. The molecule has 0 saturated heterocycles. The van der Waals surface area contributed by atoms with Crippen molar-refractivity contribution in [2.75, 3.05) is 0 Å². The first-order chi connectivity index (χ1) is 15.2. The predicted octanol–water partition coefficient (Wildman–Crippen LogP) is 5.18. The number of hydrogen-bond acceptors (Lipinski definition) is 6. The van der Waals surface area contributed by atoms with Gasteiger partial charge in [0.15, 0.2) is 5.82 Å². The number of carboxylic acids is 1. The molecule has 4 aromatic rings. The third-order valence-corrected chi connectivity index (χ3v) is 5.02. The third kappa shape index (κ3) is 4.11. The van der Waals surface area contributed by atoms with Gasteiger partial charge in [-0.3, -0.25) is 14.9 Å². The van der Waals surface area contributed by atoms with Crippen LogP contribution in [0.5, 0.6) is 0 Å². The molecule has 2 aromatic heterocycles.